The van der Waals surface area contributed by atoms with E-state index >= 15 is 0 Å². The van der Waals surface area contributed by atoms with Gasteiger partial charge in [0.1, 0.15) is 5.00 Å². The predicted molar refractivity (Wildman–Crippen MR) is 109 cm³/mol. The molecule has 0 fully saturated rings. The van der Waals surface area contributed by atoms with E-state index in [9.17, 15) is 18.0 Å². The van der Waals surface area contributed by atoms with E-state index in [0.29, 0.717) is 22.0 Å². The summed E-state index contributed by atoms with van der Waals surface area (Å²) in [7, 11) is -3.33. The number of hydrogen-bond acceptors (Lipinski definition) is 6. The smallest absolute Gasteiger partial charge is 0.341 e. The van der Waals surface area contributed by atoms with Crippen LogP contribution in [0.25, 0.3) is 0 Å². The molecule has 0 saturated carbocycles. The Hall–Kier alpha value is -2.19. The van der Waals surface area contributed by atoms with Crippen LogP contribution in [-0.4, -0.2) is 33.2 Å². The van der Waals surface area contributed by atoms with Gasteiger partial charge < -0.3 is 10.1 Å². The third-order valence-corrected chi connectivity index (χ3v) is 7.06. The highest BCUT2D eigenvalue weighted by Crippen LogP contribution is 2.40. The van der Waals surface area contributed by atoms with E-state index in [2.05, 4.69) is 12.2 Å². The van der Waals surface area contributed by atoms with Crippen molar-refractivity contribution in [3.63, 3.8) is 0 Å². The highest BCUT2D eigenvalue weighted by Gasteiger charge is 2.29. The first-order valence-corrected chi connectivity index (χ1v) is 11.8. The molecular formula is C20H23NO5S2. The van der Waals surface area contributed by atoms with Gasteiger partial charge in [-0.15, -0.1) is 11.3 Å². The lowest BCUT2D eigenvalue weighted by atomic mass is 9.88. The third-order valence-electron chi connectivity index (χ3n) is 4.76. The summed E-state index contributed by atoms with van der Waals surface area (Å²) in [5.41, 5.74) is 1.75. The lowest BCUT2D eigenvalue weighted by Gasteiger charge is -2.18. The zero-order chi connectivity index (χ0) is 20.5. The molecule has 2 aromatic rings. The number of esters is 1. The van der Waals surface area contributed by atoms with Crippen molar-refractivity contribution in [1.82, 2.24) is 0 Å². The van der Waals surface area contributed by atoms with Gasteiger partial charge in [-0.05, 0) is 61.9 Å². The number of fused-ring (bicyclic) bond motifs is 1. The molecule has 8 heteroatoms. The molecule has 0 radical (unpaired) electrons. The third kappa shape index (κ3) is 4.28. The van der Waals surface area contributed by atoms with Crippen molar-refractivity contribution in [1.29, 1.82) is 0 Å². The maximum Gasteiger partial charge on any atom is 0.341 e. The summed E-state index contributed by atoms with van der Waals surface area (Å²) in [6.07, 6.45) is 3.78. The number of thiophene rings is 1. The first kappa shape index (κ1) is 20.5. The molecule has 1 N–H and O–H groups in total. The minimum absolute atomic E-state index is 0.150. The van der Waals surface area contributed by atoms with E-state index < -0.39 is 21.7 Å². The van der Waals surface area contributed by atoms with Gasteiger partial charge in [-0.25, -0.2) is 13.2 Å². The summed E-state index contributed by atoms with van der Waals surface area (Å²) < 4.78 is 28.4. The van der Waals surface area contributed by atoms with E-state index in [4.69, 9.17) is 4.74 Å². The van der Waals surface area contributed by atoms with Crippen LogP contribution in [-0.2, 0) is 27.4 Å². The molecule has 1 aromatic heterocycles. The molecule has 3 rings (SSSR count). The van der Waals surface area contributed by atoms with Gasteiger partial charge in [-0.2, -0.15) is 0 Å². The van der Waals surface area contributed by atoms with E-state index in [1.807, 2.05) is 0 Å². The monoisotopic (exact) mass is 421 g/mol. The minimum Gasteiger partial charge on any atom is -0.462 e. The predicted octanol–water partition coefficient (Wildman–Crippen LogP) is 3.71. The Morgan fingerprint density at radius 1 is 1.25 bits per heavy atom. The average molecular weight is 422 g/mol. The number of rotatable bonds is 5. The summed E-state index contributed by atoms with van der Waals surface area (Å²) in [6.45, 7) is 4.19. The molecule has 0 bridgehead atoms. The number of anilines is 1. The van der Waals surface area contributed by atoms with Crippen molar-refractivity contribution in [3.05, 3.63) is 45.8 Å². The molecule has 0 saturated heterocycles. The number of nitrogens with one attached hydrogen (secondary N) is 1. The second-order valence-corrected chi connectivity index (χ2v) is 10.1. The van der Waals surface area contributed by atoms with E-state index in [-0.39, 0.29) is 11.5 Å². The number of carbonyl (C=O) groups is 2. The Kier molecular flexibility index (Phi) is 5.90. The van der Waals surface area contributed by atoms with Crippen LogP contribution in [0.3, 0.4) is 0 Å². The molecule has 6 nitrogen and oxygen atoms in total. The lowest BCUT2D eigenvalue weighted by Crippen LogP contribution is -2.16. The van der Waals surface area contributed by atoms with Crippen LogP contribution in [0.1, 0.15) is 51.4 Å². The summed E-state index contributed by atoms with van der Waals surface area (Å²) in [4.78, 5) is 26.5. The Balaban J connectivity index is 1.91. The first-order valence-electron chi connectivity index (χ1n) is 9.13. The van der Waals surface area contributed by atoms with Gasteiger partial charge in [0, 0.05) is 16.7 Å². The highest BCUT2D eigenvalue weighted by molar-refractivity contribution is 7.90. The molecule has 1 unspecified atom stereocenters. The van der Waals surface area contributed by atoms with Crippen LogP contribution in [0.15, 0.2) is 29.2 Å². The van der Waals surface area contributed by atoms with Gasteiger partial charge in [0.05, 0.1) is 17.1 Å². The summed E-state index contributed by atoms with van der Waals surface area (Å²) >= 11 is 1.42. The minimum atomic E-state index is -3.33. The van der Waals surface area contributed by atoms with Crippen molar-refractivity contribution in [3.8, 4) is 0 Å². The molecule has 0 spiro atoms. The van der Waals surface area contributed by atoms with Gasteiger partial charge in [0.2, 0.25) is 0 Å². The zero-order valence-corrected chi connectivity index (χ0v) is 17.7. The topological polar surface area (TPSA) is 89.5 Å². The summed E-state index contributed by atoms with van der Waals surface area (Å²) in [5, 5.41) is 3.32. The van der Waals surface area contributed by atoms with E-state index in [0.717, 1.165) is 36.0 Å². The standard InChI is InChI=1S/C20H23NO5S2/c1-4-26-20(23)17-15-10-5-12(2)11-16(15)27-19(17)21-18(22)13-6-8-14(9-7-13)28(3,24)25/h6-9,12H,4-5,10-11H2,1-3H3,(H,21,22). The van der Waals surface area contributed by atoms with Gasteiger partial charge in [0.25, 0.3) is 5.91 Å². The van der Waals surface area contributed by atoms with Crippen LogP contribution >= 0.6 is 11.3 Å². The van der Waals surface area contributed by atoms with Crippen molar-refractivity contribution in [2.75, 3.05) is 18.2 Å². The van der Waals surface area contributed by atoms with E-state index in [1.165, 1.54) is 35.6 Å². The van der Waals surface area contributed by atoms with Crippen LogP contribution in [0.5, 0.6) is 0 Å². The number of sulfone groups is 1. The molecule has 28 heavy (non-hydrogen) atoms. The van der Waals surface area contributed by atoms with Crippen molar-refractivity contribution >= 4 is 38.1 Å². The Bertz CT molecular complexity index is 1010. The van der Waals surface area contributed by atoms with E-state index in [1.54, 1.807) is 6.92 Å². The number of ether oxygens (including phenoxy) is 1. The quantitative estimate of drug-likeness (QED) is 0.744. The van der Waals surface area contributed by atoms with Crippen LogP contribution in [0.4, 0.5) is 5.00 Å². The average Bonchev–Trinajstić information content (AvgIpc) is 2.98. The number of carbonyl (C=O) groups excluding carboxylic acids is 2. The van der Waals surface area contributed by atoms with Crippen molar-refractivity contribution < 1.29 is 22.7 Å². The summed E-state index contributed by atoms with van der Waals surface area (Å²) in [5.74, 6) is -0.275. The Labute approximate surface area is 168 Å². The zero-order valence-electron chi connectivity index (χ0n) is 16.1. The van der Waals surface area contributed by atoms with Crippen molar-refractivity contribution in [2.24, 2.45) is 5.92 Å². The number of amides is 1. The maximum absolute atomic E-state index is 12.7. The molecule has 150 valence electrons. The maximum atomic E-state index is 12.7. The Morgan fingerprint density at radius 3 is 2.54 bits per heavy atom. The number of benzene rings is 1. The lowest BCUT2D eigenvalue weighted by molar-refractivity contribution is 0.0526. The van der Waals surface area contributed by atoms with Gasteiger partial charge in [-0.1, -0.05) is 6.92 Å². The van der Waals surface area contributed by atoms with Crippen LogP contribution < -0.4 is 5.32 Å². The van der Waals surface area contributed by atoms with Gasteiger partial charge in [-0.3, -0.25) is 4.79 Å². The van der Waals surface area contributed by atoms with Gasteiger partial charge in [0.15, 0.2) is 9.84 Å². The SMILES string of the molecule is CCOC(=O)c1c(NC(=O)c2ccc(S(C)(=O)=O)cc2)sc2c1CCC(C)C2. The molecular weight excluding hydrogens is 398 g/mol. The second-order valence-electron chi connectivity index (χ2n) is 7.03. The normalized spacial score (nSPS) is 16.3. The van der Waals surface area contributed by atoms with Crippen LogP contribution in [0.2, 0.25) is 0 Å². The van der Waals surface area contributed by atoms with Crippen LogP contribution in [0, 0.1) is 5.92 Å². The molecule has 0 aliphatic heterocycles. The van der Waals surface area contributed by atoms with Crippen molar-refractivity contribution in [2.45, 2.75) is 38.0 Å². The number of hydrogen-bond donors (Lipinski definition) is 1. The fraction of sp³-hybridized carbons (Fsp3) is 0.400. The first-order chi connectivity index (χ1) is 13.2. The second kappa shape index (κ2) is 8.05. The molecule has 1 amide bonds. The molecule has 1 aliphatic rings. The molecule has 1 atom stereocenters. The largest absolute Gasteiger partial charge is 0.462 e. The fourth-order valence-electron chi connectivity index (χ4n) is 3.29. The molecule has 1 heterocycles. The van der Waals surface area contributed by atoms with Gasteiger partial charge >= 0.3 is 5.97 Å². The fourth-order valence-corrected chi connectivity index (χ4v) is 5.31. The molecule has 1 aliphatic carbocycles. The molecule has 1 aromatic carbocycles. The summed E-state index contributed by atoms with van der Waals surface area (Å²) in [6, 6.07) is 5.73. The highest BCUT2D eigenvalue weighted by atomic mass is 32.2. The Morgan fingerprint density at radius 2 is 1.93 bits per heavy atom.